The Balaban J connectivity index is 1.14. The zero-order valence-electron chi connectivity index (χ0n) is 20.9. The highest BCUT2D eigenvalue weighted by atomic mass is 19.4. The van der Waals surface area contributed by atoms with E-state index in [-0.39, 0.29) is 12.2 Å². The molecule has 2 unspecified atom stereocenters. The summed E-state index contributed by atoms with van der Waals surface area (Å²) in [6.45, 7) is 3.21. The maximum absolute atomic E-state index is 13.9. The summed E-state index contributed by atoms with van der Waals surface area (Å²) in [5, 5.41) is 0. The summed E-state index contributed by atoms with van der Waals surface area (Å²) >= 11 is 0. The Morgan fingerprint density at radius 1 is 0.676 bits per heavy atom. The van der Waals surface area contributed by atoms with E-state index in [1.807, 2.05) is 0 Å². The summed E-state index contributed by atoms with van der Waals surface area (Å²) in [7, 11) is 0. The SMILES string of the molecule is CC1CCC(/C=C/C2CCC(C3CCC(C4CCC(/C(F)=C/C(F)(F)F)CC4)OC3)CC2)CC1. The van der Waals surface area contributed by atoms with Gasteiger partial charge < -0.3 is 4.74 Å². The zero-order valence-corrected chi connectivity index (χ0v) is 20.9. The molecule has 0 N–H and O–H groups in total. The van der Waals surface area contributed by atoms with Crippen molar-refractivity contribution in [1.29, 1.82) is 0 Å². The largest absolute Gasteiger partial charge is 0.412 e. The van der Waals surface area contributed by atoms with Gasteiger partial charge in [-0.2, -0.15) is 13.2 Å². The summed E-state index contributed by atoms with van der Waals surface area (Å²) < 4.78 is 57.5. The van der Waals surface area contributed by atoms with Crippen molar-refractivity contribution >= 4 is 0 Å². The summed E-state index contributed by atoms with van der Waals surface area (Å²) in [6.07, 6.45) is 16.1. The highest BCUT2D eigenvalue weighted by Crippen LogP contribution is 2.43. The fourth-order valence-electron chi connectivity index (χ4n) is 7.18. The summed E-state index contributed by atoms with van der Waals surface area (Å²) in [4.78, 5) is 0. The van der Waals surface area contributed by atoms with Crippen LogP contribution in [0.3, 0.4) is 0 Å². The number of alkyl halides is 3. The van der Waals surface area contributed by atoms with Gasteiger partial charge in [0, 0.05) is 5.92 Å². The molecule has 0 amide bonds. The average molecular weight is 485 g/mol. The first-order valence-electron chi connectivity index (χ1n) is 14.0. The van der Waals surface area contributed by atoms with E-state index in [0.29, 0.717) is 24.7 Å². The minimum atomic E-state index is -4.56. The lowest BCUT2D eigenvalue weighted by molar-refractivity contribution is -0.0832. The van der Waals surface area contributed by atoms with Crippen LogP contribution in [0.25, 0.3) is 0 Å². The third-order valence-electron chi connectivity index (χ3n) is 9.53. The van der Waals surface area contributed by atoms with Crippen molar-refractivity contribution in [1.82, 2.24) is 0 Å². The normalized spacial score (nSPS) is 41.0. The van der Waals surface area contributed by atoms with Crippen LogP contribution in [0, 0.1) is 41.4 Å². The van der Waals surface area contributed by atoms with Crippen LogP contribution in [0.2, 0.25) is 0 Å². The van der Waals surface area contributed by atoms with Crippen LogP contribution in [0.5, 0.6) is 0 Å². The Morgan fingerprint density at radius 2 is 1.21 bits per heavy atom. The van der Waals surface area contributed by atoms with Crippen molar-refractivity contribution in [2.75, 3.05) is 6.61 Å². The van der Waals surface area contributed by atoms with Gasteiger partial charge in [-0.3, -0.25) is 0 Å². The van der Waals surface area contributed by atoms with Gasteiger partial charge in [0.2, 0.25) is 0 Å². The fraction of sp³-hybridized carbons (Fsp3) is 0.862. The predicted molar refractivity (Wildman–Crippen MR) is 129 cm³/mol. The molecular weight excluding hydrogens is 440 g/mol. The van der Waals surface area contributed by atoms with E-state index in [0.717, 1.165) is 49.5 Å². The third kappa shape index (κ3) is 7.58. The molecule has 5 heteroatoms. The van der Waals surface area contributed by atoms with Crippen LogP contribution in [-0.2, 0) is 4.74 Å². The van der Waals surface area contributed by atoms with Gasteiger partial charge >= 0.3 is 6.18 Å². The number of hydrogen-bond acceptors (Lipinski definition) is 1. The van der Waals surface area contributed by atoms with Crippen molar-refractivity contribution in [3.05, 3.63) is 24.1 Å². The van der Waals surface area contributed by atoms with E-state index in [1.165, 1.54) is 57.8 Å². The standard InChI is InChI=1S/C29H44F4O/c1-20-2-4-21(5-3-20)6-7-22-8-10-23(11-9-22)26-16-17-28(34-19-26)25-14-12-24(13-15-25)27(30)18-29(31,32)33/h6-7,18,20-26,28H,2-5,8-17,19H2,1H3/b7-6+,27-18-. The molecule has 0 aromatic heterocycles. The molecule has 1 aliphatic heterocycles. The van der Waals surface area contributed by atoms with Gasteiger partial charge in [0.15, 0.2) is 0 Å². The molecule has 4 fully saturated rings. The van der Waals surface area contributed by atoms with Crippen LogP contribution in [0.15, 0.2) is 24.1 Å². The molecule has 1 saturated heterocycles. The predicted octanol–water partition coefficient (Wildman–Crippen LogP) is 9.19. The quantitative estimate of drug-likeness (QED) is 0.279. The highest BCUT2D eigenvalue weighted by molar-refractivity contribution is 5.03. The van der Waals surface area contributed by atoms with Crippen molar-refractivity contribution in [3.8, 4) is 0 Å². The van der Waals surface area contributed by atoms with Crippen LogP contribution in [-0.4, -0.2) is 18.9 Å². The smallest absolute Gasteiger partial charge is 0.378 e. The first kappa shape index (κ1) is 26.2. The Labute approximate surface area is 203 Å². The van der Waals surface area contributed by atoms with Gasteiger partial charge in [-0.05, 0) is 113 Å². The molecule has 0 aromatic carbocycles. The minimum absolute atomic E-state index is 0.152. The second-order valence-corrected chi connectivity index (χ2v) is 12.0. The van der Waals surface area contributed by atoms with Gasteiger partial charge in [0.1, 0.15) is 5.83 Å². The van der Waals surface area contributed by atoms with Crippen LogP contribution in [0.1, 0.15) is 96.8 Å². The third-order valence-corrected chi connectivity index (χ3v) is 9.53. The molecule has 2 atom stereocenters. The monoisotopic (exact) mass is 484 g/mol. The van der Waals surface area contributed by atoms with Gasteiger partial charge in [-0.25, -0.2) is 4.39 Å². The minimum Gasteiger partial charge on any atom is -0.378 e. The van der Waals surface area contributed by atoms with Gasteiger partial charge in [-0.1, -0.05) is 31.9 Å². The zero-order chi connectivity index (χ0) is 24.1. The van der Waals surface area contributed by atoms with E-state index in [9.17, 15) is 17.6 Å². The van der Waals surface area contributed by atoms with E-state index in [1.54, 1.807) is 0 Å². The Kier molecular flexibility index (Phi) is 9.20. The first-order chi connectivity index (χ1) is 16.3. The number of allylic oxidation sites excluding steroid dienone is 4. The Bertz CT molecular complexity index is 667. The van der Waals surface area contributed by atoms with E-state index < -0.39 is 17.9 Å². The molecule has 1 heterocycles. The van der Waals surface area contributed by atoms with E-state index >= 15 is 0 Å². The summed E-state index contributed by atoms with van der Waals surface area (Å²) in [5.41, 5.74) is 0. The molecule has 0 radical (unpaired) electrons. The lowest BCUT2D eigenvalue weighted by Gasteiger charge is -2.41. The van der Waals surface area contributed by atoms with Gasteiger partial charge in [-0.15, -0.1) is 0 Å². The van der Waals surface area contributed by atoms with E-state index in [4.69, 9.17) is 4.74 Å². The Hall–Kier alpha value is -0.840. The molecule has 4 aliphatic rings. The van der Waals surface area contributed by atoms with Crippen LogP contribution in [0.4, 0.5) is 17.6 Å². The molecule has 0 aromatic rings. The topological polar surface area (TPSA) is 9.23 Å². The second kappa shape index (κ2) is 11.9. The molecule has 34 heavy (non-hydrogen) atoms. The molecule has 3 saturated carbocycles. The molecule has 4 rings (SSSR count). The van der Waals surface area contributed by atoms with Crippen molar-refractivity contribution < 1.29 is 22.3 Å². The molecule has 0 bridgehead atoms. The second-order valence-electron chi connectivity index (χ2n) is 12.0. The summed E-state index contributed by atoms with van der Waals surface area (Å²) in [6, 6.07) is 0. The van der Waals surface area contributed by atoms with Crippen molar-refractivity contribution in [2.45, 2.75) is 109 Å². The molecule has 0 spiro atoms. The maximum Gasteiger partial charge on any atom is 0.412 e. The van der Waals surface area contributed by atoms with E-state index in [2.05, 4.69) is 19.1 Å². The van der Waals surface area contributed by atoms with Gasteiger partial charge in [0.25, 0.3) is 0 Å². The van der Waals surface area contributed by atoms with Crippen molar-refractivity contribution in [3.63, 3.8) is 0 Å². The Morgan fingerprint density at radius 3 is 1.74 bits per heavy atom. The van der Waals surface area contributed by atoms with Crippen LogP contribution < -0.4 is 0 Å². The number of hydrogen-bond donors (Lipinski definition) is 0. The van der Waals surface area contributed by atoms with Gasteiger partial charge in [0.05, 0.1) is 18.8 Å². The lowest BCUT2D eigenvalue weighted by Crippen LogP contribution is -2.37. The van der Waals surface area contributed by atoms with Crippen molar-refractivity contribution in [2.24, 2.45) is 41.4 Å². The molecule has 194 valence electrons. The van der Waals surface area contributed by atoms with Crippen LogP contribution >= 0.6 is 0 Å². The highest BCUT2D eigenvalue weighted by Gasteiger charge is 2.36. The fourth-order valence-corrected chi connectivity index (χ4v) is 7.18. The molecule has 3 aliphatic carbocycles. The molecule has 1 nitrogen and oxygen atoms in total. The first-order valence-corrected chi connectivity index (χ1v) is 14.0. The number of ether oxygens (including phenoxy) is 1. The lowest BCUT2D eigenvalue weighted by atomic mass is 9.71. The summed E-state index contributed by atoms with van der Waals surface area (Å²) in [5.74, 6) is 2.73. The maximum atomic E-state index is 13.9. The number of rotatable bonds is 5. The average Bonchev–Trinajstić information content (AvgIpc) is 2.83. The number of halogens is 4. The molecular formula is C29H44F4O.